The summed E-state index contributed by atoms with van der Waals surface area (Å²) < 4.78 is 27.6. The second kappa shape index (κ2) is 5.95. The van der Waals surface area contributed by atoms with Crippen LogP contribution in [0.15, 0.2) is 22.4 Å². The summed E-state index contributed by atoms with van der Waals surface area (Å²) >= 11 is 2.84. The summed E-state index contributed by atoms with van der Waals surface area (Å²) in [5.74, 6) is 0. The minimum atomic E-state index is -3.62. The molecule has 7 heteroatoms. The van der Waals surface area contributed by atoms with Crippen LogP contribution in [0, 0.1) is 13.8 Å². The van der Waals surface area contributed by atoms with E-state index in [1.165, 1.54) is 11.3 Å². The molecule has 2 aromatic rings. The van der Waals surface area contributed by atoms with Crippen molar-refractivity contribution in [3.8, 4) is 0 Å². The van der Waals surface area contributed by atoms with Gasteiger partial charge in [0.1, 0.15) is 4.90 Å². The molecule has 0 aliphatic heterocycles. The number of hydrogen-bond donors (Lipinski definition) is 2. The van der Waals surface area contributed by atoms with E-state index in [1.807, 2.05) is 26.0 Å². The molecule has 20 heavy (non-hydrogen) atoms. The minimum absolute atomic E-state index is 0.213. The number of sulfonamides is 1. The van der Waals surface area contributed by atoms with Crippen molar-refractivity contribution in [1.82, 2.24) is 4.72 Å². The smallest absolute Gasteiger partial charge is 0.242 e. The molecular formula is C13H17NO3S3. The Kier molecular flexibility index (Phi) is 4.66. The van der Waals surface area contributed by atoms with Crippen molar-refractivity contribution in [2.24, 2.45) is 0 Å². The molecule has 0 fully saturated rings. The molecule has 0 aliphatic rings. The van der Waals surface area contributed by atoms with Crippen LogP contribution < -0.4 is 4.72 Å². The Bertz CT molecular complexity index is 700. The van der Waals surface area contributed by atoms with Gasteiger partial charge in [0.2, 0.25) is 10.0 Å². The van der Waals surface area contributed by atoms with Gasteiger partial charge >= 0.3 is 0 Å². The van der Waals surface area contributed by atoms with Gasteiger partial charge < -0.3 is 5.11 Å². The SMILES string of the molecule is Cc1ccc(C(C)NS(=O)(=O)c2c(C)csc2CO)s1. The highest BCUT2D eigenvalue weighted by Crippen LogP contribution is 2.29. The maximum absolute atomic E-state index is 12.5. The van der Waals surface area contributed by atoms with E-state index >= 15 is 0 Å². The first-order chi connectivity index (χ1) is 9.35. The molecule has 2 rings (SSSR count). The van der Waals surface area contributed by atoms with E-state index in [9.17, 15) is 13.5 Å². The van der Waals surface area contributed by atoms with Gasteiger partial charge in [-0.2, -0.15) is 0 Å². The van der Waals surface area contributed by atoms with Gasteiger partial charge in [0.25, 0.3) is 0 Å². The number of rotatable bonds is 5. The maximum Gasteiger partial charge on any atom is 0.242 e. The molecule has 0 amide bonds. The Hall–Kier alpha value is -0.730. The molecule has 2 aromatic heterocycles. The molecule has 0 spiro atoms. The Morgan fingerprint density at radius 2 is 2.05 bits per heavy atom. The van der Waals surface area contributed by atoms with Crippen LogP contribution in [-0.4, -0.2) is 13.5 Å². The van der Waals surface area contributed by atoms with Crippen LogP contribution in [0.3, 0.4) is 0 Å². The quantitative estimate of drug-likeness (QED) is 0.885. The Morgan fingerprint density at radius 3 is 2.60 bits per heavy atom. The standard InChI is InChI=1S/C13H17NO3S3/c1-8-7-18-12(6-15)13(8)20(16,17)14-10(3)11-5-4-9(2)19-11/h4-5,7,10,14-15H,6H2,1-3H3. The summed E-state index contributed by atoms with van der Waals surface area (Å²) in [6.45, 7) is 5.29. The molecule has 0 aromatic carbocycles. The highest BCUT2D eigenvalue weighted by atomic mass is 32.2. The van der Waals surface area contributed by atoms with Crippen molar-refractivity contribution in [1.29, 1.82) is 0 Å². The highest BCUT2D eigenvalue weighted by Gasteiger charge is 2.25. The third-order valence-corrected chi connectivity index (χ3v) is 7.09. The third-order valence-electron chi connectivity index (χ3n) is 2.92. The largest absolute Gasteiger partial charge is 0.391 e. The lowest BCUT2D eigenvalue weighted by Gasteiger charge is -2.13. The van der Waals surface area contributed by atoms with Crippen LogP contribution >= 0.6 is 22.7 Å². The fourth-order valence-corrected chi connectivity index (χ4v) is 5.83. The summed E-state index contributed by atoms with van der Waals surface area (Å²) in [6.07, 6.45) is 0. The second-order valence-electron chi connectivity index (χ2n) is 4.62. The molecule has 0 saturated carbocycles. The molecule has 0 aliphatic carbocycles. The van der Waals surface area contributed by atoms with Gasteiger partial charge in [-0.05, 0) is 43.8 Å². The van der Waals surface area contributed by atoms with E-state index in [1.54, 1.807) is 23.6 Å². The summed E-state index contributed by atoms with van der Waals surface area (Å²) in [4.78, 5) is 2.81. The van der Waals surface area contributed by atoms with Gasteiger partial charge in [-0.15, -0.1) is 22.7 Å². The molecule has 2 N–H and O–H groups in total. The average Bonchev–Trinajstić information content (AvgIpc) is 2.94. The molecule has 0 saturated heterocycles. The Labute approximate surface area is 127 Å². The number of hydrogen-bond acceptors (Lipinski definition) is 5. The number of aliphatic hydroxyl groups excluding tert-OH is 1. The Morgan fingerprint density at radius 1 is 1.35 bits per heavy atom. The van der Waals surface area contributed by atoms with Crippen molar-refractivity contribution in [3.05, 3.63) is 37.7 Å². The van der Waals surface area contributed by atoms with Crippen LogP contribution in [0.25, 0.3) is 0 Å². The van der Waals surface area contributed by atoms with Gasteiger partial charge in [0, 0.05) is 9.75 Å². The molecule has 1 atom stereocenters. The van der Waals surface area contributed by atoms with Crippen molar-refractivity contribution < 1.29 is 13.5 Å². The zero-order chi connectivity index (χ0) is 14.9. The van der Waals surface area contributed by atoms with Crippen LogP contribution in [0.1, 0.15) is 33.2 Å². The molecule has 0 radical (unpaired) electrons. The minimum Gasteiger partial charge on any atom is -0.391 e. The molecule has 4 nitrogen and oxygen atoms in total. The first-order valence-electron chi connectivity index (χ1n) is 6.11. The third kappa shape index (κ3) is 3.12. The summed E-state index contributed by atoms with van der Waals surface area (Å²) in [5, 5.41) is 11.0. The zero-order valence-electron chi connectivity index (χ0n) is 11.5. The number of aliphatic hydroxyl groups is 1. The van der Waals surface area contributed by atoms with Gasteiger partial charge in [-0.1, -0.05) is 0 Å². The molecule has 110 valence electrons. The van der Waals surface area contributed by atoms with E-state index < -0.39 is 10.0 Å². The predicted octanol–water partition coefficient (Wildman–Crippen LogP) is 2.96. The fraction of sp³-hybridized carbons (Fsp3) is 0.385. The highest BCUT2D eigenvalue weighted by molar-refractivity contribution is 7.89. The lowest BCUT2D eigenvalue weighted by Crippen LogP contribution is -2.27. The van der Waals surface area contributed by atoms with Gasteiger partial charge in [-0.25, -0.2) is 13.1 Å². The van der Waals surface area contributed by atoms with Gasteiger partial charge in [-0.3, -0.25) is 0 Å². The van der Waals surface area contributed by atoms with Gasteiger partial charge in [0.05, 0.1) is 17.5 Å². The molecule has 0 bridgehead atoms. The lowest BCUT2D eigenvalue weighted by molar-refractivity contribution is 0.282. The van der Waals surface area contributed by atoms with Crippen LogP contribution in [0.5, 0.6) is 0 Å². The average molecular weight is 331 g/mol. The fourth-order valence-electron chi connectivity index (χ4n) is 1.99. The van der Waals surface area contributed by atoms with E-state index in [0.29, 0.717) is 10.4 Å². The van der Waals surface area contributed by atoms with Crippen molar-refractivity contribution in [3.63, 3.8) is 0 Å². The number of thiophene rings is 2. The van der Waals surface area contributed by atoms with Crippen LogP contribution in [0.2, 0.25) is 0 Å². The van der Waals surface area contributed by atoms with E-state index in [0.717, 1.165) is 9.75 Å². The van der Waals surface area contributed by atoms with E-state index in [-0.39, 0.29) is 17.5 Å². The molecular weight excluding hydrogens is 314 g/mol. The monoisotopic (exact) mass is 331 g/mol. The molecule has 2 heterocycles. The number of aryl methyl sites for hydroxylation is 2. The summed E-state index contributed by atoms with van der Waals surface area (Å²) in [5.41, 5.74) is 0.668. The maximum atomic E-state index is 12.5. The number of nitrogens with one attached hydrogen (secondary N) is 1. The lowest BCUT2D eigenvalue weighted by atomic mass is 10.3. The van der Waals surface area contributed by atoms with E-state index in [2.05, 4.69) is 4.72 Å². The van der Waals surface area contributed by atoms with Crippen molar-refractivity contribution >= 4 is 32.7 Å². The Balaban J connectivity index is 2.29. The summed E-state index contributed by atoms with van der Waals surface area (Å²) in [7, 11) is -3.62. The van der Waals surface area contributed by atoms with E-state index in [4.69, 9.17) is 0 Å². The van der Waals surface area contributed by atoms with Crippen LogP contribution in [0.4, 0.5) is 0 Å². The summed E-state index contributed by atoms with van der Waals surface area (Å²) in [6, 6.07) is 3.62. The first-order valence-corrected chi connectivity index (χ1v) is 9.29. The second-order valence-corrected chi connectivity index (χ2v) is 8.56. The van der Waals surface area contributed by atoms with Crippen molar-refractivity contribution in [2.75, 3.05) is 0 Å². The zero-order valence-corrected chi connectivity index (χ0v) is 14.0. The normalized spacial score (nSPS) is 13.6. The molecule has 1 unspecified atom stereocenters. The predicted molar refractivity (Wildman–Crippen MR) is 82.8 cm³/mol. The topological polar surface area (TPSA) is 66.4 Å². The first kappa shape index (κ1) is 15.7. The van der Waals surface area contributed by atoms with Crippen molar-refractivity contribution in [2.45, 2.75) is 38.3 Å². The van der Waals surface area contributed by atoms with Gasteiger partial charge in [0.15, 0.2) is 0 Å². The van der Waals surface area contributed by atoms with Crippen LogP contribution in [-0.2, 0) is 16.6 Å².